The third-order valence-corrected chi connectivity index (χ3v) is 6.71. The number of carbonyl (C=O) groups is 1. The topological polar surface area (TPSA) is 132 Å². The smallest absolute Gasteiger partial charge is 0.247 e. The number of rotatable bonds is 6. The summed E-state index contributed by atoms with van der Waals surface area (Å²) in [5, 5.41) is 15.2. The minimum absolute atomic E-state index is 0.0809. The molecule has 5 rings (SSSR count). The van der Waals surface area contributed by atoms with Crippen LogP contribution in [0.25, 0.3) is 21.9 Å². The Hall–Kier alpha value is -4.09. The molecule has 3 aromatic carbocycles. The Morgan fingerprint density at radius 3 is 2.61 bits per heavy atom. The van der Waals surface area contributed by atoms with Crippen LogP contribution in [0.1, 0.15) is 11.6 Å². The van der Waals surface area contributed by atoms with Gasteiger partial charge in [-0.15, -0.1) is 0 Å². The van der Waals surface area contributed by atoms with E-state index in [0.717, 1.165) is 10.9 Å². The Bertz CT molecular complexity index is 1580. The number of benzene rings is 3. The summed E-state index contributed by atoms with van der Waals surface area (Å²) in [7, 11) is -2.37. The minimum atomic E-state index is -4.17. The van der Waals surface area contributed by atoms with Crippen LogP contribution in [0.4, 0.5) is 5.69 Å². The van der Waals surface area contributed by atoms with Crippen LogP contribution in [0.15, 0.2) is 82.5 Å². The first-order valence-corrected chi connectivity index (χ1v) is 11.4. The van der Waals surface area contributed by atoms with Crippen molar-refractivity contribution >= 4 is 43.6 Å². The van der Waals surface area contributed by atoms with E-state index in [2.05, 4.69) is 30.1 Å². The van der Waals surface area contributed by atoms with Gasteiger partial charge in [0.2, 0.25) is 15.9 Å². The zero-order valence-electron chi connectivity index (χ0n) is 17.3. The summed E-state index contributed by atoms with van der Waals surface area (Å²) in [5.74, 6) is -0.549. The molecule has 11 heteroatoms. The summed E-state index contributed by atoms with van der Waals surface area (Å²) in [4.78, 5) is 13.2. The van der Waals surface area contributed by atoms with E-state index in [1.807, 2.05) is 6.07 Å². The van der Waals surface area contributed by atoms with Crippen molar-refractivity contribution in [1.29, 1.82) is 0 Å². The molecule has 5 aromatic rings. The first-order valence-electron chi connectivity index (χ1n) is 9.94. The third kappa shape index (κ3) is 3.83. The van der Waals surface area contributed by atoms with E-state index in [1.54, 1.807) is 66.5 Å². The van der Waals surface area contributed by atoms with Gasteiger partial charge in [-0.05, 0) is 40.1 Å². The molecule has 2 aromatic heterocycles. The minimum Gasteiger partial charge on any atom is -0.324 e. The molecule has 1 unspecified atom stereocenters. The number of amides is 1. The van der Waals surface area contributed by atoms with Crippen LogP contribution in [0.2, 0.25) is 0 Å². The molecule has 2 heterocycles. The lowest BCUT2D eigenvalue weighted by molar-refractivity contribution is -0.117. The summed E-state index contributed by atoms with van der Waals surface area (Å²) < 4.78 is 35.5. The van der Waals surface area contributed by atoms with Gasteiger partial charge in [0.1, 0.15) is 16.5 Å². The van der Waals surface area contributed by atoms with E-state index in [-0.39, 0.29) is 10.4 Å². The highest BCUT2D eigenvalue weighted by Crippen LogP contribution is 2.26. The van der Waals surface area contributed by atoms with E-state index in [0.29, 0.717) is 16.8 Å². The molecule has 2 N–H and O–H groups in total. The highest BCUT2D eigenvalue weighted by molar-refractivity contribution is 7.89. The van der Waals surface area contributed by atoms with Crippen molar-refractivity contribution in [2.75, 3.05) is 5.32 Å². The largest absolute Gasteiger partial charge is 0.324 e. The maximum Gasteiger partial charge on any atom is 0.247 e. The molecule has 1 atom stereocenters. The van der Waals surface area contributed by atoms with Crippen LogP contribution in [0.5, 0.6) is 0 Å². The van der Waals surface area contributed by atoms with Gasteiger partial charge >= 0.3 is 0 Å². The fraction of sp³-hybridized carbons (Fsp3) is 0.0909. The number of nitrogens with zero attached hydrogens (tertiary/aromatic N) is 4. The standard InChI is InChI=1S/C22H18N6O4S/c1-28-18-11-5-9-16(15(18)13-23-28)24-22(29)20(14-7-3-2-4-8-14)27-33(30,31)19-12-6-10-17-21(19)26-32-25-17/h2-13,20,27H,1H3,(H,24,29). The normalized spacial score (nSPS) is 12.8. The second-order valence-corrected chi connectivity index (χ2v) is 9.03. The molecule has 0 aliphatic heterocycles. The third-order valence-electron chi connectivity index (χ3n) is 5.26. The molecule has 0 bridgehead atoms. The van der Waals surface area contributed by atoms with Crippen LogP contribution in [0, 0.1) is 0 Å². The molecule has 0 saturated carbocycles. The van der Waals surface area contributed by atoms with Gasteiger partial charge < -0.3 is 5.32 Å². The van der Waals surface area contributed by atoms with Crippen molar-refractivity contribution < 1.29 is 17.8 Å². The number of aryl methyl sites for hydroxylation is 1. The van der Waals surface area contributed by atoms with Gasteiger partial charge in [0.15, 0.2) is 5.52 Å². The van der Waals surface area contributed by atoms with Gasteiger partial charge in [-0.25, -0.2) is 13.0 Å². The summed E-state index contributed by atoms with van der Waals surface area (Å²) in [6, 6.07) is 17.3. The van der Waals surface area contributed by atoms with Crippen molar-refractivity contribution in [3.05, 3.63) is 78.5 Å². The lowest BCUT2D eigenvalue weighted by Crippen LogP contribution is -2.37. The molecule has 0 radical (unpaired) electrons. The second-order valence-electron chi connectivity index (χ2n) is 7.35. The maximum absolute atomic E-state index is 13.4. The van der Waals surface area contributed by atoms with E-state index in [9.17, 15) is 13.2 Å². The zero-order valence-corrected chi connectivity index (χ0v) is 18.2. The average Bonchev–Trinajstić information content (AvgIpc) is 3.45. The van der Waals surface area contributed by atoms with Crippen molar-refractivity contribution in [2.45, 2.75) is 10.9 Å². The fourth-order valence-corrected chi connectivity index (χ4v) is 4.96. The van der Waals surface area contributed by atoms with E-state index < -0.39 is 22.0 Å². The predicted molar refractivity (Wildman–Crippen MR) is 121 cm³/mol. The van der Waals surface area contributed by atoms with Gasteiger partial charge in [0.25, 0.3) is 0 Å². The van der Waals surface area contributed by atoms with Crippen LogP contribution >= 0.6 is 0 Å². The lowest BCUT2D eigenvalue weighted by atomic mass is 10.1. The van der Waals surface area contributed by atoms with Crippen LogP contribution in [-0.4, -0.2) is 34.4 Å². The Kier molecular flexibility index (Phi) is 5.11. The van der Waals surface area contributed by atoms with Crippen molar-refractivity contribution in [1.82, 2.24) is 24.8 Å². The van der Waals surface area contributed by atoms with Crippen LogP contribution in [-0.2, 0) is 21.9 Å². The summed E-state index contributed by atoms with van der Waals surface area (Å²) in [5.41, 5.74) is 2.20. The molecule has 10 nitrogen and oxygen atoms in total. The summed E-state index contributed by atoms with van der Waals surface area (Å²) >= 11 is 0. The maximum atomic E-state index is 13.4. The van der Waals surface area contributed by atoms with E-state index >= 15 is 0 Å². The number of carbonyl (C=O) groups excluding carboxylic acids is 1. The Labute approximate surface area is 188 Å². The highest BCUT2D eigenvalue weighted by atomic mass is 32.2. The average molecular weight is 462 g/mol. The number of aromatic nitrogens is 4. The number of anilines is 1. The monoisotopic (exact) mass is 462 g/mol. The number of fused-ring (bicyclic) bond motifs is 2. The number of hydrogen-bond donors (Lipinski definition) is 2. The van der Waals surface area contributed by atoms with Gasteiger partial charge in [-0.2, -0.15) is 9.82 Å². The molecule has 0 fully saturated rings. The molecule has 0 spiro atoms. The van der Waals surface area contributed by atoms with E-state index in [1.165, 1.54) is 12.1 Å². The number of hydrogen-bond acceptors (Lipinski definition) is 7. The molecule has 166 valence electrons. The highest BCUT2D eigenvalue weighted by Gasteiger charge is 2.29. The van der Waals surface area contributed by atoms with Gasteiger partial charge in [0.05, 0.1) is 17.4 Å². The van der Waals surface area contributed by atoms with Gasteiger partial charge in [-0.3, -0.25) is 9.48 Å². The number of nitrogens with one attached hydrogen (secondary N) is 2. The van der Waals surface area contributed by atoms with Crippen molar-refractivity contribution in [3.8, 4) is 0 Å². The Morgan fingerprint density at radius 1 is 1.00 bits per heavy atom. The fourth-order valence-electron chi connectivity index (χ4n) is 3.63. The van der Waals surface area contributed by atoms with Crippen LogP contribution < -0.4 is 10.0 Å². The van der Waals surface area contributed by atoms with Crippen LogP contribution in [0.3, 0.4) is 0 Å². The van der Waals surface area contributed by atoms with Crippen molar-refractivity contribution in [2.24, 2.45) is 7.05 Å². The Morgan fingerprint density at radius 2 is 1.79 bits per heavy atom. The van der Waals surface area contributed by atoms with Gasteiger partial charge in [0, 0.05) is 12.4 Å². The molecule has 0 aliphatic rings. The summed E-state index contributed by atoms with van der Waals surface area (Å²) in [6.07, 6.45) is 1.64. The summed E-state index contributed by atoms with van der Waals surface area (Å²) in [6.45, 7) is 0. The number of sulfonamides is 1. The van der Waals surface area contributed by atoms with Crippen molar-refractivity contribution in [3.63, 3.8) is 0 Å². The first kappa shape index (κ1) is 20.8. The molecule has 0 saturated heterocycles. The molecule has 0 aliphatic carbocycles. The Balaban J connectivity index is 1.52. The SMILES string of the molecule is Cn1ncc2c(NC(=O)C(NS(=O)(=O)c3cccc4nonc34)c3ccccc3)cccc21. The lowest BCUT2D eigenvalue weighted by Gasteiger charge is -2.19. The molecular weight excluding hydrogens is 444 g/mol. The first-order chi connectivity index (χ1) is 15.9. The molecule has 1 amide bonds. The molecular formula is C22H18N6O4S. The quantitative estimate of drug-likeness (QED) is 0.396. The van der Waals surface area contributed by atoms with E-state index in [4.69, 9.17) is 0 Å². The zero-order chi connectivity index (χ0) is 23.0. The molecule has 33 heavy (non-hydrogen) atoms. The predicted octanol–water partition coefficient (Wildman–Crippen LogP) is 2.77. The van der Waals surface area contributed by atoms with Gasteiger partial charge in [-0.1, -0.05) is 42.5 Å². The second kappa shape index (κ2) is 8.11.